The molecule has 0 bridgehead atoms. The molecule has 29 heavy (non-hydrogen) atoms. The van der Waals surface area contributed by atoms with Crippen molar-refractivity contribution < 1.29 is 32.2 Å². The summed E-state index contributed by atoms with van der Waals surface area (Å²) in [5.74, 6) is -0.156. The maximum atomic E-state index is 12.7. The summed E-state index contributed by atoms with van der Waals surface area (Å²) in [4.78, 5) is 22.7. The summed E-state index contributed by atoms with van der Waals surface area (Å²) in [6.45, 7) is 0.993. The SMILES string of the molecule is O=Cc1ccc(OCC(=O)OCc2cccc(S(=O)(=O)N3CCOCC3)c2)cc1. The zero-order valence-electron chi connectivity index (χ0n) is 15.7. The highest BCUT2D eigenvalue weighted by molar-refractivity contribution is 7.89. The van der Waals surface area contributed by atoms with Gasteiger partial charge in [-0.15, -0.1) is 0 Å². The van der Waals surface area contributed by atoms with Crippen LogP contribution in [0.2, 0.25) is 0 Å². The number of esters is 1. The van der Waals surface area contributed by atoms with Crippen LogP contribution in [0, 0.1) is 0 Å². The number of rotatable bonds is 8. The van der Waals surface area contributed by atoms with E-state index in [0.29, 0.717) is 49.5 Å². The molecule has 0 aromatic heterocycles. The van der Waals surface area contributed by atoms with E-state index in [1.807, 2.05) is 0 Å². The molecule has 0 aliphatic carbocycles. The highest BCUT2D eigenvalue weighted by atomic mass is 32.2. The third-order valence-corrected chi connectivity index (χ3v) is 6.17. The number of benzene rings is 2. The minimum atomic E-state index is -3.61. The summed E-state index contributed by atoms with van der Waals surface area (Å²) in [5.41, 5.74) is 1.06. The number of aldehydes is 1. The highest BCUT2D eigenvalue weighted by Gasteiger charge is 2.26. The fourth-order valence-electron chi connectivity index (χ4n) is 2.72. The number of sulfonamides is 1. The Morgan fingerprint density at radius 3 is 2.52 bits per heavy atom. The molecule has 0 N–H and O–H groups in total. The first-order valence-electron chi connectivity index (χ1n) is 8.99. The number of morpholine rings is 1. The van der Waals surface area contributed by atoms with E-state index in [0.717, 1.165) is 0 Å². The van der Waals surface area contributed by atoms with Gasteiger partial charge in [-0.2, -0.15) is 4.31 Å². The molecule has 0 atom stereocenters. The van der Waals surface area contributed by atoms with E-state index in [-0.39, 0.29) is 18.1 Å². The summed E-state index contributed by atoms with van der Waals surface area (Å²) in [5, 5.41) is 0. The van der Waals surface area contributed by atoms with Crippen LogP contribution in [0.4, 0.5) is 0 Å². The van der Waals surface area contributed by atoms with Crippen LogP contribution in [-0.4, -0.2) is 57.9 Å². The molecule has 1 fully saturated rings. The lowest BCUT2D eigenvalue weighted by atomic mass is 10.2. The van der Waals surface area contributed by atoms with Crippen LogP contribution in [0.3, 0.4) is 0 Å². The van der Waals surface area contributed by atoms with Crippen molar-refractivity contribution in [1.82, 2.24) is 4.31 Å². The Balaban J connectivity index is 1.54. The van der Waals surface area contributed by atoms with E-state index in [1.165, 1.54) is 16.4 Å². The Hall–Kier alpha value is -2.75. The van der Waals surface area contributed by atoms with Crippen molar-refractivity contribution >= 4 is 22.3 Å². The van der Waals surface area contributed by atoms with Crippen molar-refractivity contribution in [3.05, 3.63) is 59.7 Å². The summed E-state index contributed by atoms with van der Waals surface area (Å²) < 4.78 is 42.4. The largest absolute Gasteiger partial charge is 0.482 e. The quantitative estimate of drug-likeness (QED) is 0.474. The molecule has 0 radical (unpaired) electrons. The molecule has 0 amide bonds. The molecule has 1 aliphatic heterocycles. The summed E-state index contributed by atoms with van der Waals surface area (Å²) in [6.07, 6.45) is 0.714. The van der Waals surface area contributed by atoms with E-state index in [4.69, 9.17) is 14.2 Å². The molecule has 9 heteroatoms. The van der Waals surface area contributed by atoms with Gasteiger partial charge < -0.3 is 14.2 Å². The monoisotopic (exact) mass is 419 g/mol. The van der Waals surface area contributed by atoms with E-state index in [1.54, 1.807) is 36.4 Å². The average molecular weight is 419 g/mol. The Morgan fingerprint density at radius 2 is 1.83 bits per heavy atom. The average Bonchev–Trinajstić information content (AvgIpc) is 2.77. The van der Waals surface area contributed by atoms with Gasteiger partial charge in [0, 0.05) is 18.7 Å². The zero-order chi connectivity index (χ0) is 20.7. The lowest BCUT2D eigenvalue weighted by molar-refractivity contribution is -0.147. The molecule has 8 nitrogen and oxygen atoms in total. The highest BCUT2D eigenvalue weighted by Crippen LogP contribution is 2.19. The minimum absolute atomic E-state index is 0.0707. The van der Waals surface area contributed by atoms with Gasteiger partial charge >= 0.3 is 5.97 Å². The summed E-state index contributed by atoms with van der Waals surface area (Å²) in [7, 11) is -3.61. The first-order valence-corrected chi connectivity index (χ1v) is 10.4. The first-order chi connectivity index (χ1) is 14.0. The first kappa shape index (κ1) is 21.0. The van der Waals surface area contributed by atoms with Gasteiger partial charge in [-0.05, 0) is 42.0 Å². The Morgan fingerprint density at radius 1 is 1.10 bits per heavy atom. The number of hydrogen-bond donors (Lipinski definition) is 0. The van der Waals surface area contributed by atoms with E-state index < -0.39 is 16.0 Å². The third kappa shape index (κ3) is 5.63. The molecule has 3 rings (SSSR count). The van der Waals surface area contributed by atoms with Gasteiger partial charge in [0.2, 0.25) is 10.0 Å². The van der Waals surface area contributed by atoms with Crippen molar-refractivity contribution in [3.63, 3.8) is 0 Å². The lowest BCUT2D eigenvalue weighted by Crippen LogP contribution is -2.40. The standard InChI is InChI=1S/C20H21NO7S/c22-13-16-4-6-18(7-5-16)27-15-20(23)28-14-17-2-1-3-19(12-17)29(24,25)21-8-10-26-11-9-21/h1-7,12-13H,8-11,14-15H2. The molecular formula is C20H21NO7S. The van der Waals surface area contributed by atoms with Crippen LogP contribution in [0.15, 0.2) is 53.4 Å². The molecular weight excluding hydrogens is 398 g/mol. The fraction of sp³-hybridized carbons (Fsp3) is 0.300. The fourth-order valence-corrected chi connectivity index (χ4v) is 4.20. The van der Waals surface area contributed by atoms with Gasteiger partial charge in [0.25, 0.3) is 0 Å². The van der Waals surface area contributed by atoms with Crippen LogP contribution in [0.5, 0.6) is 5.75 Å². The summed E-state index contributed by atoms with van der Waals surface area (Å²) >= 11 is 0. The van der Waals surface area contributed by atoms with E-state index in [2.05, 4.69) is 0 Å². The van der Waals surface area contributed by atoms with Crippen LogP contribution in [-0.2, 0) is 30.9 Å². The second-order valence-corrected chi connectivity index (χ2v) is 8.24. The van der Waals surface area contributed by atoms with Gasteiger partial charge in [-0.1, -0.05) is 12.1 Å². The van der Waals surface area contributed by atoms with E-state index >= 15 is 0 Å². The molecule has 2 aromatic rings. The van der Waals surface area contributed by atoms with Gasteiger partial charge in [0.1, 0.15) is 18.6 Å². The number of carbonyl (C=O) groups excluding carboxylic acids is 2. The van der Waals surface area contributed by atoms with Crippen molar-refractivity contribution in [3.8, 4) is 5.75 Å². The predicted octanol–water partition coefficient (Wildman–Crippen LogP) is 1.64. The minimum Gasteiger partial charge on any atom is -0.482 e. The summed E-state index contributed by atoms with van der Waals surface area (Å²) in [6, 6.07) is 12.6. The smallest absolute Gasteiger partial charge is 0.344 e. The molecule has 0 unspecified atom stereocenters. The normalized spacial score (nSPS) is 14.9. The van der Waals surface area contributed by atoms with Crippen LogP contribution >= 0.6 is 0 Å². The third-order valence-electron chi connectivity index (χ3n) is 4.28. The van der Waals surface area contributed by atoms with Crippen LogP contribution in [0.25, 0.3) is 0 Å². The molecule has 1 heterocycles. The maximum Gasteiger partial charge on any atom is 0.344 e. The number of carbonyl (C=O) groups is 2. The van der Waals surface area contributed by atoms with Crippen molar-refractivity contribution in [2.75, 3.05) is 32.9 Å². The zero-order valence-corrected chi connectivity index (χ0v) is 16.5. The molecule has 1 aliphatic rings. The number of hydrogen-bond acceptors (Lipinski definition) is 7. The molecule has 0 spiro atoms. The number of ether oxygens (including phenoxy) is 3. The Kier molecular flexibility index (Phi) is 6.97. The van der Waals surface area contributed by atoms with Gasteiger partial charge in [-0.25, -0.2) is 13.2 Å². The van der Waals surface area contributed by atoms with Gasteiger partial charge in [-0.3, -0.25) is 4.79 Å². The van der Waals surface area contributed by atoms with Gasteiger partial charge in [0.15, 0.2) is 6.61 Å². The molecule has 1 saturated heterocycles. The topological polar surface area (TPSA) is 99.2 Å². The molecule has 154 valence electrons. The van der Waals surface area contributed by atoms with Crippen LogP contribution < -0.4 is 4.74 Å². The van der Waals surface area contributed by atoms with Gasteiger partial charge in [0.05, 0.1) is 18.1 Å². The van der Waals surface area contributed by atoms with Crippen molar-refractivity contribution in [2.45, 2.75) is 11.5 Å². The second kappa shape index (κ2) is 9.64. The Bertz CT molecular complexity index is 951. The second-order valence-electron chi connectivity index (χ2n) is 6.30. The van der Waals surface area contributed by atoms with E-state index in [9.17, 15) is 18.0 Å². The van der Waals surface area contributed by atoms with Crippen molar-refractivity contribution in [2.24, 2.45) is 0 Å². The lowest BCUT2D eigenvalue weighted by Gasteiger charge is -2.26. The Labute approximate surface area is 169 Å². The predicted molar refractivity (Wildman–Crippen MR) is 103 cm³/mol. The van der Waals surface area contributed by atoms with Crippen LogP contribution in [0.1, 0.15) is 15.9 Å². The maximum absolute atomic E-state index is 12.7. The van der Waals surface area contributed by atoms with Crippen molar-refractivity contribution in [1.29, 1.82) is 0 Å². The number of nitrogens with zero attached hydrogens (tertiary/aromatic N) is 1. The molecule has 2 aromatic carbocycles. The molecule has 0 saturated carbocycles.